The predicted molar refractivity (Wildman–Crippen MR) is 80.2 cm³/mol. The molecule has 2 amide bonds. The van der Waals surface area contributed by atoms with Crippen molar-refractivity contribution < 1.29 is 14.0 Å². The maximum atomic E-state index is 12.8. The van der Waals surface area contributed by atoms with Crippen LogP contribution < -0.4 is 0 Å². The van der Waals surface area contributed by atoms with Crippen LogP contribution in [0, 0.1) is 13.8 Å². The smallest absolute Gasteiger partial charge is 0.258 e. The maximum Gasteiger partial charge on any atom is 0.258 e. The zero-order chi connectivity index (χ0) is 15.6. The Morgan fingerprint density at radius 1 is 1.38 bits per heavy atom. The van der Waals surface area contributed by atoms with Gasteiger partial charge in [-0.05, 0) is 26.3 Å². The molecule has 0 aliphatic carbocycles. The highest BCUT2D eigenvalue weighted by molar-refractivity contribution is 5.99. The number of carbonyl (C=O) groups is 2. The van der Waals surface area contributed by atoms with Gasteiger partial charge in [0.25, 0.3) is 5.91 Å². The molecule has 1 aliphatic rings. The van der Waals surface area contributed by atoms with Crippen LogP contribution in [0.2, 0.25) is 0 Å². The third-order valence-corrected chi connectivity index (χ3v) is 4.08. The molecule has 0 N–H and O–H groups in total. The van der Waals surface area contributed by atoms with Gasteiger partial charge in [0, 0.05) is 20.1 Å². The Balaban J connectivity index is 2.24. The number of nitrogens with zero attached hydrogens (tertiary/aromatic N) is 2. The zero-order valence-electron chi connectivity index (χ0n) is 13.3. The van der Waals surface area contributed by atoms with E-state index in [-0.39, 0.29) is 17.9 Å². The Morgan fingerprint density at radius 3 is 2.67 bits per heavy atom. The van der Waals surface area contributed by atoms with E-state index < -0.39 is 0 Å². The molecule has 1 aromatic heterocycles. The summed E-state index contributed by atoms with van der Waals surface area (Å²) in [6.07, 6.45) is 2.68. The van der Waals surface area contributed by atoms with Crippen LogP contribution in [-0.2, 0) is 4.79 Å². The molecule has 5 heteroatoms. The summed E-state index contributed by atoms with van der Waals surface area (Å²) in [4.78, 5) is 28.6. The summed E-state index contributed by atoms with van der Waals surface area (Å²) in [5, 5.41) is 0. The van der Waals surface area contributed by atoms with Gasteiger partial charge in [-0.1, -0.05) is 19.8 Å². The van der Waals surface area contributed by atoms with Crippen molar-refractivity contribution in [3.05, 3.63) is 23.2 Å². The number of piperazine rings is 1. The fourth-order valence-corrected chi connectivity index (χ4v) is 2.83. The highest BCUT2D eigenvalue weighted by Gasteiger charge is 2.36. The number of amides is 2. The molecule has 21 heavy (non-hydrogen) atoms. The highest BCUT2D eigenvalue weighted by atomic mass is 16.3. The van der Waals surface area contributed by atoms with E-state index in [0.717, 1.165) is 25.0 Å². The van der Waals surface area contributed by atoms with Gasteiger partial charge < -0.3 is 14.2 Å². The van der Waals surface area contributed by atoms with Gasteiger partial charge in [-0.15, -0.1) is 0 Å². The molecule has 1 aliphatic heterocycles. The molecule has 1 fully saturated rings. The third-order valence-electron chi connectivity index (χ3n) is 4.08. The average molecular weight is 292 g/mol. The fraction of sp³-hybridized carbons (Fsp3) is 0.625. The summed E-state index contributed by atoms with van der Waals surface area (Å²) < 4.78 is 5.45. The van der Waals surface area contributed by atoms with Crippen molar-refractivity contribution in [2.75, 3.05) is 20.1 Å². The van der Waals surface area contributed by atoms with Crippen LogP contribution >= 0.6 is 0 Å². The molecule has 0 bridgehead atoms. The SMILES string of the molecule is CCCCC1C(=O)N(C)CCN1C(=O)c1cc(C)oc1C. The summed E-state index contributed by atoms with van der Waals surface area (Å²) in [6.45, 7) is 6.88. The third kappa shape index (κ3) is 3.12. The summed E-state index contributed by atoms with van der Waals surface area (Å²) in [5.41, 5.74) is 0.575. The first kappa shape index (κ1) is 15.6. The van der Waals surface area contributed by atoms with Crippen LogP contribution in [0.1, 0.15) is 48.1 Å². The predicted octanol–water partition coefficient (Wildman–Crippen LogP) is 2.37. The van der Waals surface area contributed by atoms with Gasteiger partial charge in [0.15, 0.2) is 0 Å². The number of likely N-dealkylation sites (N-methyl/N-ethyl adjacent to an activating group) is 1. The van der Waals surface area contributed by atoms with Gasteiger partial charge >= 0.3 is 0 Å². The lowest BCUT2D eigenvalue weighted by Gasteiger charge is -2.39. The Labute approximate surface area is 125 Å². The van der Waals surface area contributed by atoms with Gasteiger partial charge in [-0.2, -0.15) is 0 Å². The molecule has 1 unspecified atom stereocenters. The Morgan fingerprint density at radius 2 is 2.10 bits per heavy atom. The van der Waals surface area contributed by atoms with Crippen molar-refractivity contribution in [1.29, 1.82) is 0 Å². The first-order valence-corrected chi connectivity index (χ1v) is 7.58. The lowest BCUT2D eigenvalue weighted by Crippen LogP contribution is -2.57. The second-order valence-electron chi connectivity index (χ2n) is 5.74. The number of rotatable bonds is 4. The number of carbonyl (C=O) groups excluding carboxylic acids is 2. The Kier molecular flexibility index (Phi) is 4.70. The van der Waals surface area contributed by atoms with Crippen LogP contribution in [0.5, 0.6) is 0 Å². The molecular formula is C16H24N2O3. The van der Waals surface area contributed by atoms with E-state index in [0.29, 0.717) is 24.4 Å². The van der Waals surface area contributed by atoms with Gasteiger partial charge in [0.1, 0.15) is 17.6 Å². The Hall–Kier alpha value is -1.78. The largest absolute Gasteiger partial charge is 0.466 e. The fourth-order valence-electron chi connectivity index (χ4n) is 2.83. The van der Waals surface area contributed by atoms with Crippen LogP contribution in [0.25, 0.3) is 0 Å². The topological polar surface area (TPSA) is 53.8 Å². The van der Waals surface area contributed by atoms with Crippen LogP contribution in [0.15, 0.2) is 10.5 Å². The summed E-state index contributed by atoms with van der Waals surface area (Å²) >= 11 is 0. The minimum atomic E-state index is -0.342. The first-order chi connectivity index (χ1) is 9.95. The van der Waals surface area contributed by atoms with E-state index in [4.69, 9.17) is 4.42 Å². The second-order valence-corrected chi connectivity index (χ2v) is 5.74. The monoisotopic (exact) mass is 292 g/mol. The number of unbranched alkanes of at least 4 members (excludes halogenated alkanes) is 1. The molecule has 2 rings (SSSR count). The molecule has 1 saturated heterocycles. The van der Waals surface area contributed by atoms with Crippen LogP contribution in [-0.4, -0.2) is 47.8 Å². The molecule has 0 aromatic carbocycles. The van der Waals surface area contributed by atoms with Gasteiger partial charge in [0.05, 0.1) is 5.56 Å². The molecule has 116 valence electrons. The average Bonchev–Trinajstić information content (AvgIpc) is 2.78. The number of aryl methyl sites for hydroxylation is 2. The van der Waals surface area contributed by atoms with E-state index in [1.165, 1.54) is 0 Å². The number of hydrogen-bond donors (Lipinski definition) is 0. The van der Waals surface area contributed by atoms with Gasteiger partial charge in [-0.3, -0.25) is 9.59 Å². The zero-order valence-corrected chi connectivity index (χ0v) is 13.3. The van der Waals surface area contributed by atoms with E-state index in [1.807, 2.05) is 6.92 Å². The lowest BCUT2D eigenvalue weighted by molar-refractivity contribution is -0.138. The van der Waals surface area contributed by atoms with Crippen molar-refractivity contribution in [3.63, 3.8) is 0 Å². The molecule has 0 spiro atoms. The van der Waals surface area contributed by atoms with Gasteiger partial charge in [0.2, 0.25) is 5.91 Å². The van der Waals surface area contributed by atoms with Crippen molar-refractivity contribution in [2.24, 2.45) is 0 Å². The van der Waals surface area contributed by atoms with E-state index in [9.17, 15) is 9.59 Å². The van der Waals surface area contributed by atoms with Crippen molar-refractivity contribution in [2.45, 2.75) is 46.1 Å². The van der Waals surface area contributed by atoms with Crippen molar-refractivity contribution >= 4 is 11.8 Å². The Bertz CT molecular complexity index is 536. The van der Waals surface area contributed by atoms with Crippen LogP contribution in [0.3, 0.4) is 0 Å². The molecule has 0 saturated carbocycles. The number of hydrogen-bond acceptors (Lipinski definition) is 3. The summed E-state index contributed by atoms with van der Waals surface area (Å²) in [6, 6.07) is 1.42. The minimum absolute atomic E-state index is 0.0425. The molecule has 1 atom stereocenters. The lowest BCUT2D eigenvalue weighted by atomic mass is 10.0. The standard InChI is InChI=1S/C16H24N2O3/c1-5-6-7-14-16(20)17(4)8-9-18(14)15(19)13-10-11(2)21-12(13)3/h10,14H,5-9H2,1-4H3. The molecule has 0 radical (unpaired) electrons. The van der Waals surface area contributed by atoms with E-state index in [2.05, 4.69) is 6.92 Å². The first-order valence-electron chi connectivity index (χ1n) is 7.58. The number of furan rings is 1. The van der Waals surface area contributed by atoms with Crippen molar-refractivity contribution in [3.8, 4) is 0 Å². The molecule has 5 nitrogen and oxygen atoms in total. The highest BCUT2D eigenvalue weighted by Crippen LogP contribution is 2.22. The second kappa shape index (κ2) is 6.33. The van der Waals surface area contributed by atoms with E-state index >= 15 is 0 Å². The summed E-state index contributed by atoms with van der Waals surface area (Å²) in [7, 11) is 1.80. The quantitative estimate of drug-likeness (QED) is 0.856. The maximum absolute atomic E-state index is 12.8. The van der Waals surface area contributed by atoms with Crippen LogP contribution in [0.4, 0.5) is 0 Å². The van der Waals surface area contributed by atoms with Crippen molar-refractivity contribution in [1.82, 2.24) is 9.80 Å². The normalized spacial score (nSPS) is 19.2. The van der Waals surface area contributed by atoms with Gasteiger partial charge in [-0.25, -0.2) is 0 Å². The molecule has 1 aromatic rings. The van der Waals surface area contributed by atoms with E-state index in [1.54, 1.807) is 29.8 Å². The molecule has 2 heterocycles. The molecular weight excluding hydrogens is 268 g/mol. The summed E-state index contributed by atoms with van der Waals surface area (Å²) in [5.74, 6) is 1.30. The minimum Gasteiger partial charge on any atom is -0.466 e.